The maximum Gasteiger partial charge on any atom is 0.229 e. The van der Waals surface area contributed by atoms with E-state index >= 15 is 0 Å². The van der Waals surface area contributed by atoms with Crippen LogP contribution in [0.1, 0.15) is 12.0 Å². The second-order valence-corrected chi connectivity index (χ2v) is 8.48. The third kappa shape index (κ3) is 6.23. The maximum absolute atomic E-state index is 10.7. The average Bonchev–Trinajstić information content (AvgIpc) is 2.87. The number of hydrogen-bond donors (Lipinski definition) is 7. The van der Waals surface area contributed by atoms with E-state index in [-0.39, 0.29) is 24.3 Å². The van der Waals surface area contributed by atoms with Crippen LogP contribution < -0.4 is 14.6 Å². The fourth-order valence-electron chi connectivity index (χ4n) is 3.99. The molecule has 2 saturated heterocycles. The Morgan fingerprint density at radius 2 is 1.53 bits per heavy atom. The van der Waals surface area contributed by atoms with Crippen molar-refractivity contribution in [3.8, 4) is 11.5 Å². The van der Waals surface area contributed by atoms with Gasteiger partial charge in [0.1, 0.15) is 48.8 Å². The van der Waals surface area contributed by atoms with Crippen LogP contribution in [-0.4, -0.2) is 123 Å². The first-order chi connectivity index (χ1) is 17.1. The number of rotatable bonds is 10. The highest BCUT2D eigenvalue weighted by atomic mass is 16.7. The predicted molar refractivity (Wildman–Crippen MR) is 113 cm³/mol. The largest absolute Gasteiger partial charge is 0.550 e. The number of ether oxygens (including phenoxy) is 5. The van der Waals surface area contributed by atoms with Crippen LogP contribution in [0.5, 0.6) is 11.5 Å². The number of aliphatic hydroxyl groups excluding tert-OH is 7. The maximum atomic E-state index is 10.7. The molecular weight excluding hydrogens is 488 g/mol. The fourth-order valence-corrected chi connectivity index (χ4v) is 3.99. The van der Waals surface area contributed by atoms with Gasteiger partial charge in [-0.1, -0.05) is 6.07 Å². The number of hydrogen-bond acceptors (Lipinski definition) is 14. The van der Waals surface area contributed by atoms with Gasteiger partial charge in [-0.2, -0.15) is 0 Å². The fraction of sp³-hybridized carbons (Fsp3) is 0.682. The molecule has 10 atom stereocenters. The molecule has 0 amide bonds. The number of carbonyl (C=O) groups excluding carboxylic acids is 1. The number of carbonyl (C=O) groups is 1. The van der Waals surface area contributed by atoms with Gasteiger partial charge in [-0.15, -0.1) is 0 Å². The summed E-state index contributed by atoms with van der Waals surface area (Å²) in [6.07, 6.45) is -15.8. The van der Waals surface area contributed by atoms with Crippen LogP contribution in [0.3, 0.4) is 0 Å². The third-order valence-corrected chi connectivity index (χ3v) is 6.05. The minimum atomic E-state index is -1.78. The van der Waals surface area contributed by atoms with Crippen molar-refractivity contribution < 1.29 is 69.3 Å². The molecule has 2 fully saturated rings. The molecule has 2 aliphatic heterocycles. The molecule has 14 nitrogen and oxygen atoms in total. The topological polar surface area (TPSA) is 228 Å². The first-order valence-corrected chi connectivity index (χ1v) is 11.2. The Morgan fingerprint density at radius 3 is 2.14 bits per heavy atom. The molecule has 3 rings (SSSR count). The van der Waals surface area contributed by atoms with Gasteiger partial charge in [0.05, 0.1) is 20.3 Å². The normalized spacial score (nSPS) is 36.9. The second-order valence-electron chi connectivity index (χ2n) is 8.48. The van der Waals surface area contributed by atoms with Crippen LogP contribution in [0.4, 0.5) is 0 Å². The van der Waals surface area contributed by atoms with Crippen LogP contribution in [0.2, 0.25) is 0 Å². The molecule has 0 unspecified atom stereocenters. The highest BCUT2D eigenvalue weighted by Gasteiger charge is 2.51. The molecular formula is C22H31O14-. The van der Waals surface area contributed by atoms with Crippen molar-refractivity contribution in [1.82, 2.24) is 0 Å². The highest BCUT2D eigenvalue weighted by Crippen LogP contribution is 2.34. The van der Waals surface area contributed by atoms with Gasteiger partial charge in [-0.3, -0.25) is 0 Å². The molecule has 0 saturated carbocycles. The van der Waals surface area contributed by atoms with Crippen LogP contribution in [0.25, 0.3) is 0 Å². The van der Waals surface area contributed by atoms with E-state index in [1.807, 2.05) is 0 Å². The summed E-state index contributed by atoms with van der Waals surface area (Å²) in [6, 6.07) is 4.55. The lowest BCUT2D eigenvalue weighted by Gasteiger charge is -2.45. The zero-order valence-electron chi connectivity index (χ0n) is 19.3. The first kappa shape index (κ1) is 28.5. The zero-order chi connectivity index (χ0) is 26.6. The number of aliphatic hydroxyl groups is 7. The van der Waals surface area contributed by atoms with Crippen LogP contribution >= 0.6 is 0 Å². The zero-order valence-corrected chi connectivity index (χ0v) is 19.3. The molecule has 0 spiro atoms. The van der Waals surface area contributed by atoms with Gasteiger partial charge >= 0.3 is 0 Å². The first-order valence-electron chi connectivity index (χ1n) is 11.2. The number of aliphatic carboxylic acids is 1. The molecule has 1 aromatic carbocycles. The summed E-state index contributed by atoms with van der Waals surface area (Å²) in [4.78, 5) is 10.7. The number of aryl methyl sites for hydroxylation is 1. The van der Waals surface area contributed by atoms with E-state index in [9.17, 15) is 45.6 Å². The van der Waals surface area contributed by atoms with Crippen LogP contribution in [-0.2, 0) is 25.4 Å². The quantitative estimate of drug-likeness (QED) is 0.154. The van der Waals surface area contributed by atoms with Crippen molar-refractivity contribution >= 4 is 5.97 Å². The van der Waals surface area contributed by atoms with E-state index in [0.29, 0.717) is 5.56 Å². The molecule has 2 heterocycles. The minimum Gasteiger partial charge on any atom is -0.550 e. The van der Waals surface area contributed by atoms with E-state index in [0.717, 1.165) is 0 Å². The number of methoxy groups -OCH3 is 1. The van der Waals surface area contributed by atoms with Crippen molar-refractivity contribution in [2.75, 3.05) is 20.3 Å². The van der Waals surface area contributed by atoms with Crippen molar-refractivity contribution in [3.05, 3.63) is 23.8 Å². The van der Waals surface area contributed by atoms with Gasteiger partial charge in [-0.05, 0) is 30.5 Å². The summed E-state index contributed by atoms with van der Waals surface area (Å²) in [5, 5.41) is 81.2. The van der Waals surface area contributed by atoms with Gasteiger partial charge in [0.25, 0.3) is 0 Å². The van der Waals surface area contributed by atoms with Crippen LogP contribution in [0.15, 0.2) is 18.2 Å². The Bertz CT molecular complexity index is 863. The minimum absolute atomic E-state index is 0.0935. The lowest BCUT2D eigenvalue weighted by atomic mass is 9.97. The Hall–Kier alpha value is -2.11. The van der Waals surface area contributed by atoms with Gasteiger partial charge in [0.2, 0.25) is 6.29 Å². The Morgan fingerprint density at radius 1 is 0.889 bits per heavy atom. The molecule has 14 heteroatoms. The molecule has 0 radical (unpaired) electrons. The molecule has 36 heavy (non-hydrogen) atoms. The van der Waals surface area contributed by atoms with E-state index in [2.05, 4.69) is 0 Å². The highest BCUT2D eigenvalue weighted by molar-refractivity contribution is 5.64. The summed E-state index contributed by atoms with van der Waals surface area (Å²) >= 11 is 0. The summed E-state index contributed by atoms with van der Waals surface area (Å²) in [7, 11) is 1.35. The number of carboxylic acid groups (broad SMARTS) is 1. The number of benzene rings is 1. The van der Waals surface area contributed by atoms with Gasteiger partial charge in [0, 0.05) is 5.97 Å². The van der Waals surface area contributed by atoms with Crippen LogP contribution in [0, 0.1) is 0 Å². The predicted octanol–water partition coefficient (Wildman–Crippen LogP) is -4.62. The van der Waals surface area contributed by atoms with E-state index in [1.54, 1.807) is 6.07 Å². The third-order valence-electron chi connectivity index (χ3n) is 6.05. The molecule has 0 aromatic heterocycles. The standard InChI is InChI=1S/C22H32O14/c1-32-11-6-9(3-5-14(25)26)2-4-10(11)33-21-19(31)17(29)20(13(8-24)35-21)36-22-18(30)16(28)15(27)12(7-23)34-22/h2,4,6,12-13,15-24,27-31H,3,5,7-8H2,1H3,(H,25,26)/p-1/t12-,13-,15+,16+,17-,18-,19-,20-,21-,22+/m1/s1. The molecule has 0 bridgehead atoms. The van der Waals surface area contributed by atoms with Crippen molar-refractivity contribution in [1.29, 1.82) is 0 Å². The summed E-state index contributed by atoms with van der Waals surface area (Å²) < 4.78 is 27.2. The molecule has 204 valence electrons. The van der Waals surface area contributed by atoms with E-state index in [4.69, 9.17) is 23.7 Å². The SMILES string of the molecule is COc1cc(CCC(=O)[O-])ccc1O[C@@H]1O[C@H](CO)[C@@H](O[C@@H]2O[C@H](CO)[C@H](O)[C@H](O)[C@H]2O)[C@H](O)[C@H]1O. The average molecular weight is 519 g/mol. The second kappa shape index (κ2) is 12.4. The Balaban J connectivity index is 1.72. The molecule has 0 aliphatic carbocycles. The molecule has 2 aliphatic rings. The Kier molecular flexibility index (Phi) is 9.82. The summed E-state index contributed by atoms with van der Waals surface area (Å²) in [5.41, 5.74) is 0.620. The van der Waals surface area contributed by atoms with Gasteiger partial charge in [0.15, 0.2) is 17.8 Å². The lowest BCUT2D eigenvalue weighted by Crippen LogP contribution is -2.65. The van der Waals surface area contributed by atoms with E-state index in [1.165, 1.54) is 19.2 Å². The molecule has 7 N–H and O–H groups in total. The monoisotopic (exact) mass is 519 g/mol. The number of carboxylic acids is 1. The van der Waals surface area contributed by atoms with Crippen molar-refractivity contribution in [2.45, 2.75) is 74.3 Å². The van der Waals surface area contributed by atoms with Crippen molar-refractivity contribution in [2.24, 2.45) is 0 Å². The molecule has 1 aromatic rings. The van der Waals surface area contributed by atoms with Gasteiger partial charge in [-0.25, -0.2) is 0 Å². The smallest absolute Gasteiger partial charge is 0.229 e. The summed E-state index contributed by atoms with van der Waals surface area (Å²) in [6.45, 7) is -1.42. The van der Waals surface area contributed by atoms with Crippen molar-refractivity contribution in [3.63, 3.8) is 0 Å². The summed E-state index contributed by atoms with van der Waals surface area (Å²) in [5.74, 6) is -0.926. The lowest BCUT2D eigenvalue weighted by molar-refractivity contribution is -0.352. The Labute approximate surface area is 205 Å². The van der Waals surface area contributed by atoms with E-state index < -0.39 is 80.6 Å². The van der Waals surface area contributed by atoms with Gasteiger partial charge < -0.3 is 69.3 Å².